The summed E-state index contributed by atoms with van der Waals surface area (Å²) >= 11 is 0. The Bertz CT molecular complexity index is 1210. The van der Waals surface area contributed by atoms with Gasteiger partial charge in [0, 0.05) is 19.2 Å². The van der Waals surface area contributed by atoms with Crippen molar-refractivity contribution in [2.24, 2.45) is 0 Å². The molecule has 0 radical (unpaired) electrons. The van der Waals surface area contributed by atoms with E-state index in [4.69, 9.17) is 0 Å². The van der Waals surface area contributed by atoms with Crippen LogP contribution in [0.4, 0.5) is 14.7 Å². The lowest BCUT2D eigenvalue weighted by atomic mass is 9.93. The Morgan fingerprint density at radius 3 is 2.86 bits per heavy atom. The Labute approximate surface area is 164 Å². The Morgan fingerprint density at radius 2 is 2.03 bits per heavy atom. The van der Waals surface area contributed by atoms with Crippen molar-refractivity contribution in [3.63, 3.8) is 0 Å². The smallest absolute Gasteiger partial charge is 0.228 e. The Hall–Kier alpha value is -3.43. The summed E-state index contributed by atoms with van der Waals surface area (Å²) in [5.41, 5.74) is 3.04. The first-order valence-corrected chi connectivity index (χ1v) is 9.40. The molecule has 1 aliphatic rings. The van der Waals surface area contributed by atoms with Crippen molar-refractivity contribution in [1.82, 2.24) is 34.7 Å². The maximum Gasteiger partial charge on any atom is 0.228 e. The van der Waals surface area contributed by atoms with Gasteiger partial charge in [0.2, 0.25) is 5.95 Å². The summed E-state index contributed by atoms with van der Waals surface area (Å²) in [6, 6.07) is 2.10. The molecule has 1 unspecified atom stereocenters. The fraction of sp³-hybridized carbons (Fsp3) is 0.316. The molecule has 10 heteroatoms. The lowest BCUT2D eigenvalue weighted by Gasteiger charge is -2.36. The van der Waals surface area contributed by atoms with Crippen molar-refractivity contribution < 1.29 is 8.78 Å². The van der Waals surface area contributed by atoms with Crippen LogP contribution in [0.5, 0.6) is 0 Å². The second-order valence-corrected chi connectivity index (χ2v) is 6.97. The fourth-order valence-corrected chi connectivity index (χ4v) is 4.04. The van der Waals surface area contributed by atoms with Crippen LogP contribution < -0.4 is 4.90 Å². The van der Waals surface area contributed by atoms with Crippen LogP contribution in [0.3, 0.4) is 0 Å². The van der Waals surface area contributed by atoms with Gasteiger partial charge >= 0.3 is 0 Å². The third-order valence-corrected chi connectivity index (χ3v) is 5.45. The monoisotopic (exact) mass is 396 g/mol. The third kappa shape index (κ3) is 2.66. The van der Waals surface area contributed by atoms with Crippen LogP contribution in [-0.2, 0) is 13.0 Å². The molecule has 5 rings (SSSR count). The first-order valence-electron chi connectivity index (χ1n) is 9.40. The highest BCUT2D eigenvalue weighted by molar-refractivity contribution is 5.84. The molecular weight excluding hydrogens is 378 g/mol. The second-order valence-electron chi connectivity index (χ2n) is 6.97. The number of rotatable bonds is 3. The quantitative estimate of drug-likeness (QED) is 0.573. The number of imidazole rings is 1. The molecule has 0 spiro atoms. The van der Waals surface area contributed by atoms with Gasteiger partial charge < -0.3 is 9.88 Å². The molecule has 0 saturated carbocycles. The van der Waals surface area contributed by atoms with Gasteiger partial charge in [0.05, 0.1) is 12.4 Å². The van der Waals surface area contributed by atoms with Crippen molar-refractivity contribution in [1.29, 1.82) is 0 Å². The minimum absolute atomic E-state index is 0.246. The number of aromatic amines is 1. The number of benzene rings is 1. The maximum absolute atomic E-state index is 14.2. The molecular formula is C19H18F2N8. The molecule has 1 atom stereocenters. The molecule has 0 aliphatic carbocycles. The third-order valence-electron chi connectivity index (χ3n) is 5.45. The molecule has 1 aliphatic heterocycles. The molecule has 29 heavy (non-hydrogen) atoms. The number of halogens is 2. The molecule has 8 nitrogen and oxygen atoms in total. The van der Waals surface area contributed by atoms with E-state index in [-0.39, 0.29) is 6.04 Å². The summed E-state index contributed by atoms with van der Waals surface area (Å²) in [5, 5.41) is 8.78. The summed E-state index contributed by atoms with van der Waals surface area (Å²) in [5.74, 6) is 0.154. The number of aromatic nitrogens is 7. The number of fused-ring (bicyclic) bond motifs is 2. The predicted octanol–water partition coefficient (Wildman–Crippen LogP) is 3.03. The zero-order valence-corrected chi connectivity index (χ0v) is 15.9. The zero-order chi connectivity index (χ0) is 20.1. The average molecular weight is 396 g/mol. The molecule has 4 aromatic rings. The van der Waals surface area contributed by atoms with Gasteiger partial charge in [0.1, 0.15) is 29.2 Å². The molecule has 0 bridgehead atoms. The Kier molecular flexibility index (Phi) is 4.00. The van der Waals surface area contributed by atoms with Gasteiger partial charge in [-0.15, -0.1) is 10.2 Å². The minimum atomic E-state index is -0.574. The molecule has 148 valence electrons. The lowest BCUT2D eigenvalue weighted by Crippen LogP contribution is -2.36. The van der Waals surface area contributed by atoms with E-state index in [9.17, 15) is 8.78 Å². The van der Waals surface area contributed by atoms with Crippen molar-refractivity contribution in [2.75, 3.05) is 11.4 Å². The normalized spacial score (nSPS) is 16.4. The topological polar surface area (TPSA) is 88.4 Å². The van der Waals surface area contributed by atoms with Crippen molar-refractivity contribution in [3.8, 4) is 11.5 Å². The van der Waals surface area contributed by atoms with Gasteiger partial charge in [0.15, 0.2) is 11.5 Å². The van der Waals surface area contributed by atoms with E-state index in [2.05, 4.69) is 30.1 Å². The van der Waals surface area contributed by atoms with E-state index >= 15 is 0 Å². The highest BCUT2D eigenvalue weighted by Gasteiger charge is 2.31. The number of hydrogen-bond donors (Lipinski definition) is 1. The number of hydrogen-bond acceptors (Lipinski definition) is 6. The predicted molar refractivity (Wildman–Crippen MR) is 102 cm³/mol. The van der Waals surface area contributed by atoms with Gasteiger partial charge in [-0.1, -0.05) is 0 Å². The molecule has 1 aromatic carbocycles. The Morgan fingerprint density at radius 1 is 1.17 bits per heavy atom. The SMILES string of the molecule is CCn1c(-c2ncnc3nc[nH]c23)nnc1N1CCc2c(F)cc(F)cc2C1C. The van der Waals surface area contributed by atoms with Crippen molar-refractivity contribution in [3.05, 3.63) is 47.5 Å². The van der Waals surface area contributed by atoms with Gasteiger partial charge in [-0.25, -0.2) is 23.7 Å². The molecule has 3 aromatic heterocycles. The number of nitrogens with zero attached hydrogens (tertiary/aromatic N) is 7. The molecule has 0 saturated heterocycles. The van der Waals surface area contributed by atoms with Crippen LogP contribution in [0, 0.1) is 11.6 Å². The fourth-order valence-electron chi connectivity index (χ4n) is 4.04. The zero-order valence-electron chi connectivity index (χ0n) is 15.9. The molecule has 1 N–H and O–H groups in total. The molecule has 4 heterocycles. The first kappa shape index (κ1) is 17.7. The van der Waals surface area contributed by atoms with E-state index in [1.807, 2.05) is 23.3 Å². The van der Waals surface area contributed by atoms with E-state index < -0.39 is 11.6 Å². The molecule has 0 amide bonds. The summed E-state index contributed by atoms with van der Waals surface area (Å²) in [4.78, 5) is 17.7. The standard InChI is InChI=1S/C19H18F2N8/c1-3-28-18(16-15-17(24-8-22-15)25-9-23-16)26-27-19(28)29-5-4-12-13(10(29)2)6-11(20)7-14(12)21/h6-10H,3-5H2,1-2H3,(H,22,23,24,25). The van der Waals surface area contributed by atoms with Crippen LogP contribution in [0.1, 0.15) is 31.0 Å². The van der Waals surface area contributed by atoms with Crippen LogP contribution in [0.25, 0.3) is 22.7 Å². The maximum atomic E-state index is 14.2. The summed E-state index contributed by atoms with van der Waals surface area (Å²) in [6.45, 7) is 5.07. The van der Waals surface area contributed by atoms with Gasteiger partial charge in [0.25, 0.3) is 0 Å². The van der Waals surface area contributed by atoms with E-state index in [1.165, 1.54) is 12.4 Å². The van der Waals surface area contributed by atoms with Gasteiger partial charge in [-0.3, -0.25) is 4.57 Å². The largest absolute Gasteiger partial charge is 0.341 e. The molecule has 0 fully saturated rings. The number of H-pyrrole nitrogens is 1. The van der Waals surface area contributed by atoms with E-state index in [1.54, 1.807) is 6.33 Å². The number of nitrogens with one attached hydrogen (secondary N) is 1. The van der Waals surface area contributed by atoms with E-state index in [0.29, 0.717) is 59.3 Å². The van der Waals surface area contributed by atoms with Crippen molar-refractivity contribution >= 4 is 17.1 Å². The second kappa shape index (κ2) is 6.57. The van der Waals surface area contributed by atoms with Crippen LogP contribution in [-0.4, -0.2) is 41.2 Å². The van der Waals surface area contributed by atoms with E-state index in [0.717, 1.165) is 6.07 Å². The van der Waals surface area contributed by atoms with Crippen molar-refractivity contribution in [2.45, 2.75) is 32.9 Å². The van der Waals surface area contributed by atoms with Gasteiger partial charge in [-0.05, 0) is 37.5 Å². The first-order chi connectivity index (χ1) is 14.1. The highest BCUT2D eigenvalue weighted by atomic mass is 19.1. The van der Waals surface area contributed by atoms with Gasteiger partial charge in [-0.2, -0.15) is 0 Å². The number of anilines is 1. The summed E-state index contributed by atoms with van der Waals surface area (Å²) < 4.78 is 30.0. The highest BCUT2D eigenvalue weighted by Crippen LogP contribution is 2.36. The lowest BCUT2D eigenvalue weighted by molar-refractivity contribution is 0.527. The van der Waals surface area contributed by atoms with Crippen LogP contribution in [0.15, 0.2) is 24.8 Å². The minimum Gasteiger partial charge on any atom is -0.341 e. The summed E-state index contributed by atoms with van der Waals surface area (Å²) in [7, 11) is 0. The Balaban J connectivity index is 1.60. The summed E-state index contributed by atoms with van der Waals surface area (Å²) in [6.07, 6.45) is 3.47. The van der Waals surface area contributed by atoms with Crippen LogP contribution >= 0.6 is 0 Å². The average Bonchev–Trinajstić information content (AvgIpc) is 3.35. The van der Waals surface area contributed by atoms with Crippen LogP contribution in [0.2, 0.25) is 0 Å².